The van der Waals surface area contributed by atoms with Gasteiger partial charge in [-0.2, -0.15) is 0 Å². The van der Waals surface area contributed by atoms with Crippen molar-refractivity contribution in [2.75, 3.05) is 0 Å². The van der Waals surface area contributed by atoms with Crippen LogP contribution in [0.25, 0.3) is 0 Å². The van der Waals surface area contributed by atoms with E-state index >= 15 is 0 Å². The molecule has 0 aliphatic heterocycles. The summed E-state index contributed by atoms with van der Waals surface area (Å²) in [6, 6.07) is 0. The van der Waals surface area contributed by atoms with Gasteiger partial charge in [0, 0.05) is 11.8 Å². The Kier molecular flexibility index (Phi) is 3.63. The first-order chi connectivity index (χ1) is 12.3. The van der Waals surface area contributed by atoms with Gasteiger partial charge in [0.25, 0.3) is 5.09 Å². The van der Waals surface area contributed by atoms with E-state index in [2.05, 4.69) is 31.9 Å². The number of rotatable bonds is 2. The van der Waals surface area contributed by atoms with Crippen molar-refractivity contribution in [1.29, 1.82) is 0 Å². The second-order valence-electron chi connectivity index (χ2n) is 8.91. The van der Waals surface area contributed by atoms with Gasteiger partial charge in [0.05, 0.1) is 0 Å². The quantitative estimate of drug-likeness (QED) is 0.428. The van der Waals surface area contributed by atoms with E-state index in [-0.39, 0.29) is 17.1 Å². The van der Waals surface area contributed by atoms with Gasteiger partial charge in [0.15, 0.2) is 11.4 Å². The van der Waals surface area contributed by atoms with Crippen molar-refractivity contribution < 1.29 is 14.7 Å². The van der Waals surface area contributed by atoms with Gasteiger partial charge in [-0.1, -0.05) is 31.9 Å². The van der Waals surface area contributed by atoms with Crippen LogP contribution in [0.1, 0.15) is 52.4 Å². The third-order valence-electron chi connectivity index (χ3n) is 8.10. The van der Waals surface area contributed by atoms with Crippen LogP contribution >= 0.6 is 0 Å². The molecule has 5 heteroatoms. The van der Waals surface area contributed by atoms with E-state index < -0.39 is 16.1 Å². The molecule has 0 bridgehead atoms. The minimum Gasteiger partial charge on any atom is -0.295 e. The van der Waals surface area contributed by atoms with Crippen molar-refractivity contribution >= 4 is 5.78 Å². The fourth-order valence-corrected chi connectivity index (χ4v) is 6.54. The molecular weight excluding hydrogens is 330 g/mol. The maximum Gasteiger partial charge on any atom is 0.296 e. The summed E-state index contributed by atoms with van der Waals surface area (Å²) in [6.07, 6.45) is 16.6. The van der Waals surface area contributed by atoms with Crippen molar-refractivity contribution in [1.82, 2.24) is 0 Å². The molecule has 2 saturated carbocycles. The molecule has 4 rings (SSSR count). The molecule has 4 aliphatic rings. The van der Waals surface area contributed by atoms with Crippen LogP contribution in [0.15, 0.2) is 23.8 Å². The molecule has 5 nitrogen and oxygen atoms in total. The van der Waals surface area contributed by atoms with E-state index in [9.17, 15) is 14.9 Å². The van der Waals surface area contributed by atoms with Crippen LogP contribution in [0.3, 0.4) is 0 Å². The number of ketones is 1. The van der Waals surface area contributed by atoms with Crippen LogP contribution in [0, 0.1) is 51.0 Å². The summed E-state index contributed by atoms with van der Waals surface area (Å²) >= 11 is 0. The van der Waals surface area contributed by atoms with Gasteiger partial charge in [0.2, 0.25) is 0 Å². The van der Waals surface area contributed by atoms with E-state index in [1.807, 2.05) is 6.08 Å². The molecule has 0 N–H and O–H groups in total. The fourth-order valence-electron chi connectivity index (χ4n) is 6.54. The van der Waals surface area contributed by atoms with Crippen LogP contribution < -0.4 is 0 Å². The smallest absolute Gasteiger partial charge is 0.295 e. The zero-order valence-electron chi connectivity index (χ0n) is 15.4. The van der Waals surface area contributed by atoms with Gasteiger partial charge in [-0.25, -0.2) is 0 Å². The van der Waals surface area contributed by atoms with E-state index in [1.165, 1.54) is 0 Å². The molecule has 4 aliphatic carbocycles. The summed E-state index contributed by atoms with van der Waals surface area (Å²) in [5, 5.41) is 10.4. The first kappa shape index (κ1) is 17.3. The van der Waals surface area contributed by atoms with Crippen molar-refractivity contribution in [3.8, 4) is 12.3 Å². The lowest BCUT2D eigenvalue weighted by atomic mass is 9.48. The van der Waals surface area contributed by atoms with E-state index in [4.69, 9.17) is 11.3 Å². The standard InChI is InChI=1S/C21H25NO4/c1-4-21(26-22(24)25)12-9-18-16-6-5-14-13-15(23)7-10-19(14,2)17(16)8-11-20(18,21)3/h1,5-6,13,16-18H,7-12H2,2-3H3/t16-,17+,18+,19+,20+,21+/m1/s1. The molecule has 26 heavy (non-hydrogen) atoms. The lowest BCUT2D eigenvalue weighted by Crippen LogP contribution is -2.54. The molecule has 0 aromatic carbocycles. The largest absolute Gasteiger partial charge is 0.296 e. The zero-order valence-corrected chi connectivity index (χ0v) is 15.4. The summed E-state index contributed by atoms with van der Waals surface area (Å²) in [5.74, 6) is 3.94. The highest BCUT2D eigenvalue weighted by Gasteiger charge is 2.65. The van der Waals surface area contributed by atoms with Crippen LogP contribution in [0.4, 0.5) is 0 Å². The average Bonchev–Trinajstić information content (AvgIpc) is 2.88. The van der Waals surface area contributed by atoms with Gasteiger partial charge >= 0.3 is 0 Å². The van der Waals surface area contributed by atoms with Crippen LogP contribution in [-0.2, 0) is 9.63 Å². The SMILES string of the molecule is C#C[C@]1(O[N+](=O)[O-])CC[C@H]2[C@@H]3C=CC4=CC(=O)CC[C@]4(C)[C@H]3CC[C@@]21C. The molecular formula is C21H25NO4. The number of carbonyl (C=O) groups is 1. The molecule has 0 amide bonds. The Morgan fingerprint density at radius 3 is 2.69 bits per heavy atom. The Balaban J connectivity index is 1.73. The Morgan fingerprint density at radius 1 is 1.27 bits per heavy atom. The van der Waals surface area contributed by atoms with Gasteiger partial charge in [-0.15, -0.1) is 16.5 Å². The minimum atomic E-state index is -1.13. The number of hydrogen-bond acceptors (Lipinski definition) is 4. The third kappa shape index (κ3) is 2.08. The number of nitrogens with zero attached hydrogens (tertiary/aromatic N) is 1. The topological polar surface area (TPSA) is 69.4 Å². The van der Waals surface area contributed by atoms with Crippen molar-refractivity contribution in [2.45, 2.75) is 58.0 Å². The van der Waals surface area contributed by atoms with Crippen molar-refractivity contribution in [2.24, 2.45) is 28.6 Å². The lowest BCUT2D eigenvalue weighted by Gasteiger charge is -2.56. The Hall–Kier alpha value is -2.09. The summed E-state index contributed by atoms with van der Waals surface area (Å²) in [6.45, 7) is 4.36. The summed E-state index contributed by atoms with van der Waals surface area (Å²) in [4.78, 5) is 28.1. The second-order valence-corrected chi connectivity index (χ2v) is 8.91. The molecule has 0 radical (unpaired) electrons. The highest BCUT2D eigenvalue weighted by Crippen LogP contribution is 2.66. The molecule has 138 valence electrons. The fraction of sp³-hybridized carbons (Fsp3) is 0.667. The molecule has 0 aromatic rings. The minimum absolute atomic E-state index is 0.0139. The van der Waals surface area contributed by atoms with Crippen LogP contribution in [0.5, 0.6) is 0 Å². The van der Waals surface area contributed by atoms with Gasteiger partial charge in [-0.05, 0) is 66.9 Å². The predicted octanol–water partition coefficient (Wildman–Crippen LogP) is 3.87. The normalized spacial score (nSPS) is 46.4. The molecule has 6 atom stereocenters. The molecule has 0 heterocycles. The number of allylic oxidation sites excluding steroid dienone is 4. The van der Waals surface area contributed by atoms with Gasteiger partial charge < -0.3 is 0 Å². The number of fused-ring (bicyclic) bond motifs is 5. The number of terminal acetylenes is 1. The van der Waals surface area contributed by atoms with Crippen LogP contribution in [0.2, 0.25) is 0 Å². The van der Waals surface area contributed by atoms with Gasteiger partial charge in [-0.3, -0.25) is 9.63 Å². The highest BCUT2D eigenvalue weighted by molar-refractivity contribution is 5.92. The first-order valence-electron chi connectivity index (χ1n) is 9.50. The molecule has 0 aromatic heterocycles. The second kappa shape index (κ2) is 5.45. The van der Waals surface area contributed by atoms with E-state index in [1.54, 1.807) is 0 Å². The molecule has 2 fully saturated rings. The van der Waals surface area contributed by atoms with Crippen molar-refractivity contribution in [3.05, 3.63) is 33.9 Å². The third-order valence-corrected chi connectivity index (χ3v) is 8.10. The maximum absolute atomic E-state index is 11.9. The van der Waals surface area contributed by atoms with Crippen molar-refractivity contribution in [3.63, 3.8) is 0 Å². The lowest BCUT2D eigenvalue weighted by molar-refractivity contribution is -0.781. The molecule has 0 saturated heterocycles. The number of hydrogen-bond donors (Lipinski definition) is 0. The first-order valence-corrected chi connectivity index (χ1v) is 9.50. The molecule has 0 unspecified atom stereocenters. The summed E-state index contributed by atoms with van der Waals surface area (Å²) < 4.78 is 0. The Morgan fingerprint density at radius 2 is 2.00 bits per heavy atom. The molecule has 0 spiro atoms. The maximum atomic E-state index is 11.9. The van der Waals surface area contributed by atoms with Crippen LogP contribution in [-0.4, -0.2) is 16.5 Å². The number of carbonyl (C=O) groups excluding carboxylic acids is 1. The zero-order chi connectivity index (χ0) is 18.7. The van der Waals surface area contributed by atoms with E-state index in [0.717, 1.165) is 31.3 Å². The summed E-state index contributed by atoms with van der Waals surface area (Å²) in [7, 11) is 0. The predicted molar refractivity (Wildman–Crippen MR) is 96.3 cm³/mol. The Labute approximate surface area is 154 Å². The van der Waals surface area contributed by atoms with Gasteiger partial charge in [0.1, 0.15) is 0 Å². The van der Waals surface area contributed by atoms with E-state index in [0.29, 0.717) is 24.7 Å². The highest BCUT2D eigenvalue weighted by atomic mass is 17.0. The average molecular weight is 355 g/mol. The summed E-state index contributed by atoms with van der Waals surface area (Å²) in [5.41, 5.74) is -0.358. The monoisotopic (exact) mass is 355 g/mol. The Bertz CT molecular complexity index is 777.